The highest BCUT2D eigenvalue weighted by Crippen LogP contribution is 2.22. The molecule has 0 amide bonds. The van der Waals surface area contributed by atoms with Crippen LogP contribution in [0.15, 0.2) is 15.6 Å². The van der Waals surface area contributed by atoms with Crippen molar-refractivity contribution in [2.75, 3.05) is 33.2 Å². The number of hydrogen-bond acceptors (Lipinski definition) is 4. The van der Waals surface area contributed by atoms with E-state index in [9.17, 15) is 0 Å². The molecule has 2 rings (SSSR count). The summed E-state index contributed by atoms with van der Waals surface area (Å²) in [4.78, 5) is 11.3. The number of aliphatic imine (C=N–C) groups is 1. The van der Waals surface area contributed by atoms with Crippen LogP contribution in [-0.4, -0.2) is 49.1 Å². The average Bonchev–Trinajstić information content (AvgIpc) is 2.99. The van der Waals surface area contributed by atoms with E-state index in [1.165, 1.54) is 19.4 Å². The summed E-state index contributed by atoms with van der Waals surface area (Å²) in [5, 5.41) is 6.76. The molecule has 1 aliphatic heterocycles. The van der Waals surface area contributed by atoms with Crippen LogP contribution in [0.1, 0.15) is 52.2 Å². The van der Waals surface area contributed by atoms with Crippen LogP contribution in [0.25, 0.3) is 0 Å². The molecule has 0 bridgehead atoms. The monoisotopic (exact) mass is 335 g/mol. The van der Waals surface area contributed by atoms with Crippen LogP contribution in [0.5, 0.6) is 0 Å². The quantitative estimate of drug-likeness (QED) is 0.639. The summed E-state index contributed by atoms with van der Waals surface area (Å²) in [7, 11) is 2.20. The third-order valence-electron chi connectivity index (χ3n) is 4.29. The van der Waals surface area contributed by atoms with Crippen LogP contribution in [0.4, 0.5) is 0 Å². The number of likely N-dealkylation sites (tertiary alicyclic amines) is 1. The lowest BCUT2D eigenvalue weighted by Crippen LogP contribution is -2.43. The van der Waals surface area contributed by atoms with Gasteiger partial charge in [0, 0.05) is 25.0 Å². The number of hydrogen-bond donors (Lipinski definition) is 2. The lowest BCUT2D eigenvalue weighted by atomic mass is 9.94. The fourth-order valence-electron chi connectivity index (χ4n) is 2.90. The van der Waals surface area contributed by atoms with Gasteiger partial charge in [-0.1, -0.05) is 20.8 Å². The van der Waals surface area contributed by atoms with Gasteiger partial charge in [-0.25, -0.2) is 9.98 Å². The van der Waals surface area contributed by atoms with Crippen molar-refractivity contribution >= 4 is 5.96 Å². The summed E-state index contributed by atoms with van der Waals surface area (Å²) in [6.45, 7) is 13.1. The average molecular weight is 335 g/mol. The topological polar surface area (TPSA) is 65.7 Å². The SMILES string of the molecule is CCNC(=NCc1ncc(C(C)(C)C)o1)NCC1CCCN(C)C1. The first-order valence-corrected chi connectivity index (χ1v) is 9.04. The highest BCUT2D eigenvalue weighted by molar-refractivity contribution is 5.79. The number of nitrogens with one attached hydrogen (secondary N) is 2. The number of oxazole rings is 1. The summed E-state index contributed by atoms with van der Waals surface area (Å²) < 4.78 is 5.80. The minimum Gasteiger partial charge on any atom is -0.443 e. The van der Waals surface area contributed by atoms with Gasteiger partial charge in [0.1, 0.15) is 12.3 Å². The Morgan fingerprint density at radius 2 is 2.21 bits per heavy atom. The Bertz CT molecular complexity index is 532. The van der Waals surface area contributed by atoms with Gasteiger partial charge in [-0.15, -0.1) is 0 Å². The van der Waals surface area contributed by atoms with Crippen LogP contribution in [0, 0.1) is 5.92 Å². The number of nitrogens with zero attached hydrogens (tertiary/aromatic N) is 3. The molecule has 1 atom stereocenters. The fraction of sp³-hybridized carbons (Fsp3) is 0.778. The van der Waals surface area contributed by atoms with Gasteiger partial charge in [0.2, 0.25) is 5.89 Å². The standard InChI is InChI=1S/C18H33N5O/c1-6-19-17(21-10-14-8-7-9-23(5)13-14)22-12-16-20-11-15(24-16)18(2,3)4/h11,14H,6-10,12-13H2,1-5H3,(H2,19,21,22). The molecule has 6 nitrogen and oxygen atoms in total. The van der Waals surface area contributed by atoms with E-state index in [4.69, 9.17) is 4.42 Å². The fourth-order valence-corrected chi connectivity index (χ4v) is 2.90. The molecule has 2 heterocycles. The molecular weight excluding hydrogens is 302 g/mol. The predicted molar refractivity (Wildman–Crippen MR) is 98.2 cm³/mol. The summed E-state index contributed by atoms with van der Waals surface area (Å²) in [6.07, 6.45) is 4.37. The Balaban J connectivity index is 1.89. The second-order valence-corrected chi connectivity index (χ2v) is 7.71. The zero-order chi connectivity index (χ0) is 17.6. The molecule has 24 heavy (non-hydrogen) atoms. The molecule has 1 fully saturated rings. The van der Waals surface area contributed by atoms with Crippen molar-refractivity contribution in [3.05, 3.63) is 17.8 Å². The van der Waals surface area contributed by atoms with Crippen molar-refractivity contribution in [2.45, 2.75) is 52.5 Å². The summed E-state index contributed by atoms with van der Waals surface area (Å²) >= 11 is 0. The Morgan fingerprint density at radius 1 is 1.42 bits per heavy atom. The first-order valence-electron chi connectivity index (χ1n) is 9.04. The van der Waals surface area contributed by atoms with E-state index in [0.29, 0.717) is 18.4 Å². The van der Waals surface area contributed by atoms with Crippen molar-refractivity contribution in [1.29, 1.82) is 0 Å². The van der Waals surface area contributed by atoms with Crippen molar-refractivity contribution < 1.29 is 4.42 Å². The van der Waals surface area contributed by atoms with Gasteiger partial charge in [-0.2, -0.15) is 0 Å². The largest absolute Gasteiger partial charge is 0.443 e. The molecule has 1 aliphatic rings. The lowest BCUT2D eigenvalue weighted by molar-refractivity contribution is 0.210. The smallest absolute Gasteiger partial charge is 0.216 e. The molecule has 2 N–H and O–H groups in total. The molecule has 0 aromatic carbocycles. The normalized spacial score (nSPS) is 20.2. The molecule has 0 radical (unpaired) electrons. The van der Waals surface area contributed by atoms with Crippen molar-refractivity contribution in [3.8, 4) is 0 Å². The Morgan fingerprint density at radius 3 is 2.83 bits per heavy atom. The summed E-state index contributed by atoms with van der Waals surface area (Å²) in [5.41, 5.74) is -0.0231. The van der Waals surface area contributed by atoms with Gasteiger partial charge in [0.15, 0.2) is 5.96 Å². The molecule has 1 saturated heterocycles. The van der Waals surface area contributed by atoms with E-state index >= 15 is 0 Å². The Labute approximate surface area is 146 Å². The number of piperidine rings is 1. The molecule has 136 valence electrons. The number of rotatable bonds is 5. The van der Waals surface area contributed by atoms with E-state index in [1.54, 1.807) is 0 Å². The minimum atomic E-state index is -0.0231. The second kappa shape index (κ2) is 8.51. The van der Waals surface area contributed by atoms with E-state index in [0.717, 1.165) is 31.4 Å². The van der Waals surface area contributed by atoms with Crippen LogP contribution >= 0.6 is 0 Å². The van der Waals surface area contributed by atoms with E-state index in [1.807, 2.05) is 6.20 Å². The van der Waals surface area contributed by atoms with Crippen molar-refractivity contribution in [2.24, 2.45) is 10.9 Å². The second-order valence-electron chi connectivity index (χ2n) is 7.71. The Kier molecular flexibility index (Phi) is 6.66. The highest BCUT2D eigenvalue weighted by Gasteiger charge is 2.19. The predicted octanol–water partition coefficient (Wildman–Crippen LogP) is 2.37. The van der Waals surface area contributed by atoms with Gasteiger partial charge in [-0.3, -0.25) is 0 Å². The van der Waals surface area contributed by atoms with E-state index in [2.05, 4.69) is 60.3 Å². The van der Waals surface area contributed by atoms with Gasteiger partial charge in [0.25, 0.3) is 0 Å². The van der Waals surface area contributed by atoms with Gasteiger partial charge in [-0.05, 0) is 39.3 Å². The lowest BCUT2D eigenvalue weighted by Gasteiger charge is -2.30. The maximum Gasteiger partial charge on any atom is 0.216 e. The van der Waals surface area contributed by atoms with Gasteiger partial charge < -0.3 is 20.0 Å². The third kappa shape index (κ3) is 5.82. The number of aromatic nitrogens is 1. The van der Waals surface area contributed by atoms with E-state index < -0.39 is 0 Å². The van der Waals surface area contributed by atoms with Crippen molar-refractivity contribution in [3.63, 3.8) is 0 Å². The molecule has 0 saturated carbocycles. The molecule has 6 heteroatoms. The van der Waals surface area contributed by atoms with Crippen molar-refractivity contribution in [1.82, 2.24) is 20.5 Å². The van der Waals surface area contributed by atoms with E-state index in [-0.39, 0.29) is 5.41 Å². The molecule has 1 aromatic heterocycles. The van der Waals surface area contributed by atoms with Crippen LogP contribution in [-0.2, 0) is 12.0 Å². The third-order valence-corrected chi connectivity index (χ3v) is 4.29. The molecular formula is C18H33N5O. The molecule has 1 unspecified atom stereocenters. The first kappa shape index (κ1) is 18.8. The van der Waals surface area contributed by atoms with Crippen LogP contribution in [0.2, 0.25) is 0 Å². The highest BCUT2D eigenvalue weighted by atomic mass is 16.4. The van der Waals surface area contributed by atoms with Gasteiger partial charge >= 0.3 is 0 Å². The van der Waals surface area contributed by atoms with Gasteiger partial charge in [0.05, 0.1) is 6.20 Å². The van der Waals surface area contributed by atoms with Crippen LogP contribution in [0.3, 0.4) is 0 Å². The number of guanidine groups is 1. The maximum atomic E-state index is 5.80. The summed E-state index contributed by atoms with van der Waals surface area (Å²) in [5.74, 6) is 3.08. The van der Waals surface area contributed by atoms with Crippen LogP contribution < -0.4 is 10.6 Å². The molecule has 0 aliphatic carbocycles. The maximum absolute atomic E-state index is 5.80. The molecule has 0 spiro atoms. The minimum absolute atomic E-state index is 0.0231. The summed E-state index contributed by atoms with van der Waals surface area (Å²) in [6, 6.07) is 0. The first-order chi connectivity index (χ1) is 11.4. The molecule has 1 aromatic rings. The zero-order valence-corrected chi connectivity index (χ0v) is 15.9. The zero-order valence-electron chi connectivity index (χ0n) is 15.9. The Hall–Kier alpha value is -1.56.